The van der Waals surface area contributed by atoms with Crippen LogP contribution >= 0.6 is 0 Å². The maximum Gasteiger partial charge on any atom is 0.236 e. The molecule has 3 heteroatoms. The zero-order valence-electron chi connectivity index (χ0n) is 12.4. The van der Waals surface area contributed by atoms with Crippen molar-refractivity contribution >= 4 is 11.6 Å². The van der Waals surface area contributed by atoms with Gasteiger partial charge < -0.3 is 4.90 Å². The third kappa shape index (κ3) is 1.67. The summed E-state index contributed by atoms with van der Waals surface area (Å²) in [5.74, 6) is 0.142. The van der Waals surface area contributed by atoms with Crippen LogP contribution in [-0.2, 0) is 16.6 Å². The molecule has 3 nitrogen and oxygen atoms in total. The first kappa shape index (κ1) is 13.2. The lowest BCUT2D eigenvalue weighted by Crippen LogP contribution is -2.33. The van der Waals surface area contributed by atoms with Crippen LogP contribution in [0.4, 0.5) is 5.69 Å². The molecule has 1 aliphatic heterocycles. The fourth-order valence-electron chi connectivity index (χ4n) is 3.45. The first-order valence-electron chi connectivity index (χ1n) is 7.22. The van der Waals surface area contributed by atoms with Crippen molar-refractivity contribution in [2.45, 2.75) is 44.9 Å². The van der Waals surface area contributed by atoms with Crippen molar-refractivity contribution in [2.75, 3.05) is 11.9 Å². The van der Waals surface area contributed by atoms with Crippen LogP contribution in [0.3, 0.4) is 0 Å². The summed E-state index contributed by atoms with van der Waals surface area (Å²) >= 11 is 0. The molecule has 20 heavy (non-hydrogen) atoms. The van der Waals surface area contributed by atoms with Crippen molar-refractivity contribution in [3.63, 3.8) is 0 Å². The molecule has 3 rings (SSSR count). The number of benzene rings is 1. The second kappa shape index (κ2) is 4.09. The zero-order valence-corrected chi connectivity index (χ0v) is 12.4. The van der Waals surface area contributed by atoms with Crippen molar-refractivity contribution in [1.82, 2.24) is 0 Å². The number of hydrogen-bond acceptors (Lipinski definition) is 2. The monoisotopic (exact) mass is 268 g/mol. The molecule has 2 aliphatic rings. The van der Waals surface area contributed by atoms with Gasteiger partial charge in [-0.3, -0.25) is 4.79 Å². The quantitative estimate of drug-likeness (QED) is 0.827. The lowest BCUT2D eigenvalue weighted by molar-refractivity contribution is -0.121. The molecule has 1 fully saturated rings. The van der Waals surface area contributed by atoms with Crippen molar-refractivity contribution in [1.29, 1.82) is 5.26 Å². The summed E-state index contributed by atoms with van der Waals surface area (Å²) in [6.45, 7) is 3.95. The molecule has 1 amide bonds. The van der Waals surface area contributed by atoms with Gasteiger partial charge in [-0.2, -0.15) is 5.26 Å². The molecule has 0 atom stereocenters. The molecule has 1 aromatic carbocycles. The Balaban J connectivity index is 1.97. The van der Waals surface area contributed by atoms with Gasteiger partial charge >= 0.3 is 0 Å². The van der Waals surface area contributed by atoms with Gasteiger partial charge in [0.1, 0.15) is 0 Å². The lowest BCUT2D eigenvalue weighted by atomic mass is 9.66. The first-order chi connectivity index (χ1) is 9.39. The van der Waals surface area contributed by atoms with Crippen LogP contribution in [0.15, 0.2) is 18.2 Å². The Labute approximate surface area is 120 Å². The molecule has 0 radical (unpaired) electrons. The Bertz CT molecular complexity index is 620. The standard InChI is InChI=1S/C17H20N2O/c1-16(2)13-9-12(10-17(11-18)7-4-8-17)5-6-14(13)19(3)15(16)20/h5-6,9H,4,7-8,10H2,1-3H3. The normalized spacial score (nSPS) is 22.1. The fourth-order valence-corrected chi connectivity index (χ4v) is 3.45. The third-order valence-corrected chi connectivity index (χ3v) is 5.03. The molecule has 0 bridgehead atoms. The van der Waals surface area contributed by atoms with Gasteiger partial charge in [-0.05, 0) is 50.3 Å². The summed E-state index contributed by atoms with van der Waals surface area (Å²) in [5.41, 5.74) is 2.66. The van der Waals surface area contributed by atoms with Crippen molar-refractivity contribution in [2.24, 2.45) is 5.41 Å². The number of nitrogens with zero attached hydrogens (tertiary/aromatic N) is 2. The third-order valence-electron chi connectivity index (χ3n) is 5.03. The Kier molecular flexibility index (Phi) is 2.69. The molecule has 0 N–H and O–H groups in total. The highest BCUT2D eigenvalue weighted by Crippen LogP contribution is 2.45. The maximum absolute atomic E-state index is 12.3. The van der Waals surface area contributed by atoms with Crippen LogP contribution in [-0.4, -0.2) is 13.0 Å². The predicted octanol–water partition coefficient (Wildman–Crippen LogP) is 3.18. The zero-order chi connectivity index (χ0) is 14.5. The van der Waals surface area contributed by atoms with E-state index >= 15 is 0 Å². The summed E-state index contributed by atoms with van der Waals surface area (Å²) in [6.07, 6.45) is 3.97. The molecule has 1 heterocycles. The number of carbonyl (C=O) groups is 1. The van der Waals surface area contributed by atoms with E-state index in [1.54, 1.807) is 4.90 Å². The van der Waals surface area contributed by atoms with E-state index in [4.69, 9.17) is 0 Å². The number of hydrogen-bond donors (Lipinski definition) is 0. The van der Waals surface area contributed by atoms with Gasteiger partial charge in [0, 0.05) is 12.7 Å². The van der Waals surface area contributed by atoms with E-state index in [1.165, 1.54) is 5.56 Å². The molecule has 0 saturated heterocycles. The Morgan fingerprint density at radius 3 is 2.60 bits per heavy atom. The van der Waals surface area contributed by atoms with Crippen molar-refractivity contribution < 1.29 is 4.79 Å². The van der Waals surface area contributed by atoms with Crippen molar-refractivity contribution in [3.8, 4) is 6.07 Å². The average Bonchev–Trinajstić information content (AvgIpc) is 2.56. The Morgan fingerprint density at radius 2 is 2.05 bits per heavy atom. The number of nitriles is 1. The van der Waals surface area contributed by atoms with Crippen LogP contribution in [0.25, 0.3) is 0 Å². The molecule has 1 saturated carbocycles. The number of carbonyl (C=O) groups excluding carboxylic acids is 1. The van der Waals surface area contributed by atoms with Gasteiger partial charge in [-0.15, -0.1) is 0 Å². The number of fused-ring (bicyclic) bond motifs is 1. The molecular weight excluding hydrogens is 248 g/mol. The average molecular weight is 268 g/mol. The first-order valence-corrected chi connectivity index (χ1v) is 7.22. The molecule has 0 aromatic heterocycles. The van der Waals surface area contributed by atoms with Crippen LogP contribution < -0.4 is 4.90 Å². The highest BCUT2D eigenvalue weighted by molar-refractivity contribution is 6.07. The number of rotatable bonds is 2. The smallest absolute Gasteiger partial charge is 0.236 e. The molecular formula is C17H20N2O. The van der Waals surface area contributed by atoms with Gasteiger partial charge in [0.05, 0.1) is 16.9 Å². The summed E-state index contributed by atoms with van der Waals surface area (Å²) in [4.78, 5) is 14.0. The van der Waals surface area contributed by atoms with Gasteiger partial charge in [0.15, 0.2) is 0 Å². The molecule has 0 unspecified atom stereocenters. The Morgan fingerprint density at radius 1 is 1.35 bits per heavy atom. The van der Waals surface area contributed by atoms with Crippen LogP contribution in [0.2, 0.25) is 0 Å². The largest absolute Gasteiger partial charge is 0.314 e. The minimum absolute atomic E-state index is 0.142. The van der Waals surface area contributed by atoms with Crippen LogP contribution in [0.5, 0.6) is 0 Å². The maximum atomic E-state index is 12.3. The predicted molar refractivity (Wildman–Crippen MR) is 78.5 cm³/mol. The molecule has 1 aliphatic carbocycles. The van der Waals surface area contributed by atoms with Gasteiger partial charge in [-0.25, -0.2) is 0 Å². The van der Waals surface area contributed by atoms with Gasteiger partial charge in [-0.1, -0.05) is 18.6 Å². The summed E-state index contributed by atoms with van der Waals surface area (Å²) < 4.78 is 0. The second-order valence-electron chi connectivity index (χ2n) is 6.76. The minimum atomic E-state index is -0.459. The molecule has 1 aromatic rings. The fraction of sp³-hybridized carbons (Fsp3) is 0.529. The molecule has 104 valence electrons. The summed E-state index contributed by atoms with van der Waals surface area (Å²) in [6, 6.07) is 8.72. The lowest BCUT2D eigenvalue weighted by Gasteiger charge is -2.35. The van der Waals surface area contributed by atoms with Gasteiger partial charge in [0.25, 0.3) is 0 Å². The summed E-state index contributed by atoms with van der Waals surface area (Å²) in [5, 5.41) is 9.37. The van der Waals surface area contributed by atoms with E-state index in [-0.39, 0.29) is 11.3 Å². The van der Waals surface area contributed by atoms with E-state index in [9.17, 15) is 10.1 Å². The van der Waals surface area contributed by atoms with Gasteiger partial charge in [0.2, 0.25) is 5.91 Å². The van der Waals surface area contributed by atoms with E-state index < -0.39 is 5.41 Å². The van der Waals surface area contributed by atoms with E-state index in [0.717, 1.165) is 36.9 Å². The topological polar surface area (TPSA) is 44.1 Å². The number of amides is 1. The van der Waals surface area contributed by atoms with E-state index in [2.05, 4.69) is 18.2 Å². The van der Waals surface area contributed by atoms with E-state index in [0.29, 0.717) is 0 Å². The number of anilines is 1. The van der Waals surface area contributed by atoms with E-state index in [1.807, 2.05) is 27.0 Å². The minimum Gasteiger partial charge on any atom is -0.314 e. The SMILES string of the molecule is CN1C(=O)C(C)(C)c2cc(CC3(C#N)CCC3)ccc21. The van der Waals surface area contributed by atoms with Crippen molar-refractivity contribution in [3.05, 3.63) is 29.3 Å². The second-order valence-corrected chi connectivity index (χ2v) is 6.76. The summed E-state index contributed by atoms with van der Waals surface area (Å²) in [7, 11) is 1.83. The molecule has 0 spiro atoms. The van der Waals surface area contributed by atoms with Crippen LogP contribution in [0, 0.1) is 16.7 Å². The number of likely N-dealkylation sites (N-methyl/N-ethyl adjacent to an activating group) is 1. The van der Waals surface area contributed by atoms with Crippen LogP contribution in [0.1, 0.15) is 44.2 Å². The highest BCUT2D eigenvalue weighted by atomic mass is 16.2. The Hall–Kier alpha value is -1.82. The highest BCUT2D eigenvalue weighted by Gasteiger charge is 2.43.